The molecule has 0 saturated heterocycles. The summed E-state index contributed by atoms with van der Waals surface area (Å²) >= 11 is 1.28. The van der Waals surface area contributed by atoms with E-state index in [0.29, 0.717) is 5.75 Å². The van der Waals surface area contributed by atoms with Gasteiger partial charge >= 0.3 is 11.9 Å². The van der Waals surface area contributed by atoms with Crippen LogP contribution in [0.2, 0.25) is 0 Å². The Balaban J connectivity index is 3.92. The maximum atomic E-state index is 11.3. The summed E-state index contributed by atoms with van der Waals surface area (Å²) in [6.07, 6.45) is 0. The molecule has 5 heteroatoms. The van der Waals surface area contributed by atoms with Crippen molar-refractivity contribution >= 4 is 23.7 Å². The van der Waals surface area contributed by atoms with Crippen LogP contribution in [0.3, 0.4) is 0 Å². The Kier molecular flexibility index (Phi) is 5.32. The number of hydrogen-bond acceptors (Lipinski definition) is 4. The summed E-state index contributed by atoms with van der Waals surface area (Å²) in [6, 6.07) is 0. The fourth-order valence-corrected chi connectivity index (χ4v) is 1.78. The second kappa shape index (κ2) is 5.57. The van der Waals surface area contributed by atoms with Crippen LogP contribution in [0.4, 0.5) is 0 Å². The average Bonchev–Trinajstić information content (AvgIpc) is 1.99. The van der Waals surface area contributed by atoms with Crippen LogP contribution in [-0.2, 0) is 14.3 Å². The summed E-state index contributed by atoms with van der Waals surface area (Å²) in [5.74, 6) is -0.585. The fraction of sp³-hybridized carbons (Fsp3) is 0.818. The third kappa shape index (κ3) is 6.71. The van der Waals surface area contributed by atoms with Crippen LogP contribution >= 0.6 is 11.8 Å². The normalized spacial score (nSPS) is 12.3. The van der Waals surface area contributed by atoms with Gasteiger partial charge in [0.2, 0.25) is 0 Å². The Morgan fingerprint density at radius 3 is 2.06 bits per heavy atom. The zero-order chi connectivity index (χ0) is 13.0. The van der Waals surface area contributed by atoms with Gasteiger partial charge in [0.25, 0.3) is 0 Å². The van der Waals surface area contributed by atoms with E-state index >= 15 is 0 Å². The van der Waals surface area contributed by atoms with Gasteiger partial charge in [0.05, 0.1) is 11.2 Å². The van der Waals surface area contributed by atoms with Crippen LogP contribution in [-0.4, -0.2) is 34.2 Å². The molecule has 0 rings (SSSR count). The van der Waals surface area contributed by atoms with E-state index in [9.17, 15) is 9.59 Å². The number of carboxylic acids is 1. The highest BCUT2D eigenvalue weighted by molar-refractivity contribution is 7.99. The molecule has 0 aromatic heterocycles. The first-order chi connectivity index (χ1) is 7.04. The quantitative estimate of drug-likeness (QED) is 0.755. The summed E-state index contributed by atoms with van der Waals surface area (Å²) < 4.78 is 5.11. The minimum absolute atomic E-state index is 0.188. The Bertz CT molecular complexity index is 266. The van der Waals surface area contributed by atoms with Gasteiger partial charge in [-0.25, -0.2) is 0 Å². The molecule has 0 aliphatic rings. The molecule has 0 amide bonds. The summed E-state index contributed by atoms with van der Waals surface area (Å²) in [6.45, 7) is 8.68. The summed E-state index contributed by atoms with van der Waals surface area (Å²) in [7, 11) is 0. The molecular weight excluding hydrogens is 228 g/mol. The van der Waals surface area contributed by atoms with Crippen molar-refractivity contribution in [3.05, 3.63) is 0 Å². The average molecular weight is 248 g/mol. The summed E-state index contributed by atoms with van der Waals surface area (Å²) in [5, 5.41) is 8.86. The highest BCUT2D eigenvalue weighted by atomic mass is 32.2. The van der Waals surface area contributed by atoms with E-state index in [1.54, 1.807) is 34.6 Å². The lowest BCUT2D eigenvalue weighted by Gasteiger charge is -2.21. The Morgan fingerprint density at radius 2 is 1.69 bits per heavy atom. The van der Waals surface area contributed by atoms with Gasteiger partial charge in [0.1, 0.15) is 5.60 Å². The van der Waals surface area contributed by atoms with E-state index < -0.39 is 17.0 Å². The minimum atomic E-state index is -0.857. The monoisotopic (exact) mass is 248 g/mol. The minimum Gasteiger partial charge on any atom is -0.481 e. The van der Waals surface area contributed by atoms with E-state index in [-0.39, 0.29) is 11.7 Å². The van der Waals surface area contributed by atoms with Crippen LogP contribution in [0.5, 0.6) is 0 Å². The van der Waals surface area contributed by atoms with E-state index in [2.05, 4.69) is 0 Å². The Labute approximate surface area is 101 Å². The molecular formula is C11H20O4S. The van der Waals surface area contributed by atoms with Crippen molar-refractivity contribution in [2.24, 2.45) is 5.41 Å². The largest absolute Gasteiger partial charge is 0.481 e. The first-order valence-corrected chi connectivity index (χ1v) is 6.23. The molecule has 94 valence electrons. The van der Waals surface area contributed by atoms with Crippen molar-refractivity contribution in [2.45, 2.75) is 40.2 Å². The Morgan fingerprint density at radius 1 is 1.19 bits per heavy atom. The lowest BCUT2D eigenvalue weighted by atomic mass is 9.97. The zero-order valence-corrected chi connectivity index (χ0v) is 11.3. The van der Waals surface area contributed by atoms with Gasteiger partial charge in [-0.15, -0.1) is 11.8 Å². The predicted molar refractivity (Wildman–Crippen MR) is 64.6 cm³/mol. The fourth-order valence-electron chi connectivity index (χ4n) is 0.822. The second-order valence-corrected chi connectivity index (χ2v) is 6.25. The van der Waals surface area contributed by atoms with Crippen molar-refractivity contribution in [1.29, 1.82) is 0 Å². The molecule has 4 nitrogen and oxygen atoms in total. The van der Waals surface area contributed by atoms with Crippen molar-refractivity contribution < 1.29 is 19.4 Å². The second-order valence-electron chi connectivity index (χ2n) is 5.27. The van der Waals surface area contributed by atoms with Gasteiger partial charge in [-0.3, -0.25) is 9.59 Å². The molecule has 16 heavy (non-hydrogen) atoms. The zero-order valence-electron chi connectivity index (χ0n) is 10.5. The highest BCUT2D eigenvalue weighted by Gasteiger charge is 2.27. The van der Waals surface area contributed by atoms with Crippen LogP contribution < -0.4 is 0 Å². The van der Waals surface area contributed by atoms with Gasteiger partial charge in [-0.1, -0.05) is 0 Å². The predicted octanol–water partition coefficient (Wildman–Crippen LogP) is 2.17. The number of thioether (sulfide) groups is 1. The van der Waals surface area contributed by atoms with Crippen molar-refractivity contribution in [3.63, 3.8) is 0 Å². The van der Waals surface area contributed by atoms with Gasteiger partial charge < -0.3 is 9.84 Å². The van der Waals surface area contributed by atoms with Gasteiger partial charge in [0, 0.05) is 5.75 Å². The number of carboxylic acid groups (broad SMARTS) is 1. The van der Waals surface area contributed by atoms with Crippen molar-refractivity contribution in [2.75, 3.05) is 11.5 Å². The molecule has 0 aliphatic heterocycles. The smallest absolute Gasteiger partial charge is 0.316 e. The number of aliphatic carboxylic acids is 1. The molecule has 0 fully saturated rings. The number of carbonyl (C=O) groups is 2. The van der Waals surface area contributed by atoms with Gasteiger partial charge in [0.15, 0.2) is 0 Å². The summed E-state index contributed by atoms with van der Waals surface area (Å²) in [5.41, 5.74) is -1.30. The molecule has 0 aliphatic carbocycles. The van der Waals surface area contributed by atoms with Crippen molar-refractivity contribution in [3.8, 4) is 0 Å². The highest BCUT2D eigenvalue weighted by Crippen LogP contribution is 2.22. The number of rotatable bonds is 5. The first-order valence-electron chi connectivity index (χ1n) is 5.07. The first kappa shape index (κ1) is 15.3. The lowest BCUT2D eigenvalue weighted by molar-refractivity contribution is -0.151. The molecule has 0 radical (unpaired) electrons. The Hall–Kier alpha value is -0.710. The van der Waals surface area contributed by atoms with Gasteiger partial charge in [-0.05, 0) is 34.6 Å². The molecule has 0 bridgehead atoms. The van der Waals surface area contributed by atoms with Crippen molar-refractivity contribution in [1.82, 2.24) is 0 Å². The maximum Gasteiger partial charge on any atom is 0.316 e. The molecule has 0 saturated carbocycles. The molecule has 0 atom stereocenters. The molecule has 0 aromatic carbocycles. The molecule has 0 heterocycles. The van der Waals surface area contributed by atoms with E-state index in [0.717, 1.165) is 0 Å². The van der Waals surface area contributed by atoms with E-state index in [1.165, 1.54) is 11.8 Å². The van der Waals surface area contributed by atoms with Crippen LogP contribution in [0, 0.1) is 5.41 Å². The van der Waals surface area contributed by atoms with Gasteiger partial charge in [-0.2, -0.15) is 0 Å². The number of carbonyl (C=O) groups excluding carboxylic acids is 1. The van der Waals surface area contributed by atoms with Crippen LogP contribution in [0.25, 0.3) is 0 Å². The lowest BCUT2D eigenvalue weighted by Crippen LogP contribution is -2.28. The number of esters is 1. The topological polar surface area (TPSA) is 63.6 Å². The van der Waals surface area contributed by atoms with Crippen LogP contribution in [0.15, 0.2) is 0 Å². The summed E-state index contributed by atoms with van der Waals surface area (Å²) in [4.78, 5) is 22.1. The third-order valence-corrected chi connectivity index (χ3v) is 3.05. The van der Waals surface area contributed by atoms with E-state index in [4.69, 9.17) is 9.84 Å². The third-order valence-electron chi connectivity index (χ3n) is 1.68. The molecule has 0 aromatic rings. The molecule has 0 unspecified atom stereocenters. The molecule has 1 N–H and O–H groups in total. The molecule has 0 spiro atoms. The van der Waals surface area contributed by atoms with Crippen LogP contribution in [0.1, 0.15) is 34.6 Å². The maximum absolute atomic E-state index is 11.3. The van der Waals surface area contributed by atoms with E-state index in [1.807, 2.05) is 0 Å². The standard InChI is InChI=1S/C11H20O4S/c1-10(2,3)15-8(12)6-16-7-11(4,5)9(13)14/h6-7H2,1-5H3,(H,13,14). The number of hydrogen-bond donors (Lipinski definition) is 1. The SMILES string of the molecule is CC(C)(C)OC(=O)CSCC(C)(C)C(=O)O. The number of ether oxygens (including phenoxy) is 1.